The zero-order valence-corrected chi connectivity index (χ0v) is 20.7. The molecule has 32 heavy (non-hydrogen) atoms. The molecule has 0 unspecified atom stereocenters. The summed E-state index contributed by atoms with van der Waals surface area (Å²) in [5.41, 5.74) is 2.06. The highest BCUT2D eigenvalue weighted by Gasteiger charge is 2.59. The van der Waals surface area contributed by atoms with E-state index in [-0.39, 0.29) is 28.8 Å². The Morgan fingerprint density at radius 3 is 2.53 bits per heavy atom. The number of rotatable bonds is 5. The van der Waals surface area contributed by atoms with Gasteiger partial charge in [-0.3, -0.25) is 9.59 Å². The molecule has 0 saturated heterocycles. The van der Waals surface area contributed by atoms with Crippen molar-refractivity contribution in [3.8, 4) is 0 Å². The van der Waals surface area contributed by atoms with Crippen LogP contribution in [0.2, 0.25) is 0 Å². The van der Waals surface area contributed by atoms with Crippen LogP contribution < -0.4 is 0 Å². The molecule has 0 N–H and O–H groups in total. The van der Waals surface area contributed by atoms with Gasteiger partial charge in [0.25, 0.3) is 0 Å². The van der Waals surface area contributed by atoms with Gasteiger partial charge in [0, 0.05) is 18.8 Å². The first-order valence-electron chi connectivity index (χ1n) is 13.7. The van der Waals surface area contributed by atoms with Crippen molar-refractivity contribution in [1.82, 2.24) is 0 Å². The number of fused-ring (bicyclic) bond motifs is 5. The summed E-state index contributed by atoms with van der Waals surface area (Å²) in [7, 11) is 0. The molecule has 0 aromatic heterocycles. The van der Waals surface area contributed by atoms with Crippen molar-refractivity contribution in [3.05, 3.63) is 11.6 Å². The van der Waals surface area contributed by atoms with Crippen molar-refractivity contribution in [3.63, 3.8) is 0 Å². The quantitative estimate of drug-likeness (QED) is 0.340. The first-order valence-corrected chi connectivity index (χ1v) is 13.7. The lowest BCUT2D eigenvalue weighted by molar-refractivity contribution is -0.152. The van der Waals surface area contributed by atoms with E-state index in [1.165, 1.54) is 51.4 Å². The van der Waals surface area contributed by atoms with Crippen molar-refractivity contribution >= 4 is 11.8 Å². The summed E-state index contributed by atoms with van der Waals surface area (Å²) in [5.74, 6) is 3.67. The van der Waals surface area contributed by atoms with Crippen LogP contribution in [0.25, 0.3) is 0 Å². The van der Waals surface area contributed by atoms with Gasteiger partial charge in [0.1, 0.15) is 11.9 Å². The van der Waals surface area contributed by atoms with Crippen molar-refractivity contribution < 1.29 is 14.3 Å². The van der Waals surface area contributed by atoms with Crippen molar-refractivity contribution in [2.45, 2.75) is 117 Å². The second-order valence-electron chi connectivity index (χ2n) is 12.6. The Hall–Kier alpha value is -1.12. The fraction of sp³-hybridized carbons (Fsp3) is 0.862. The molecule has 0 radical (unpaired) electrons. The normalized spacial score (nSPS) is 43.7. The van der Waals surface area contributed by atoms with Crippen LogP contribution >= 0.6 is 0 Å². The summed E-state index contributed by atoms with van der Waals surface area (Å²) < 4.78 is 5.99. The van der Waals surface area contributed by atoms with E-state index in [1.807, 2.05) is 6.92 Å². The SMILES string of the molecule is CC(=O)[C@H]1CC[C@H]2[C@@H]3CC=C4C[C@@H](OC(=O)CCC5CCCC5)CC[C@]4(C)[C@H]3CC[C@]12C. The van der Waals surface area contributed by atoms with Gasteiger partial charge in [-0.15, -0.1) is 0 Å². The number of carbonyl (C=O) groups excluding carboxylic acids is 2. The fourth-order valence-electron chi connectivity index (χ4n) is 9.26. The van der Waals surface area contributed by atoms with E-state index in [4.69, 9.17) is 4.74 Å². The van der Waals surface area contributed by atoms with Gasteiger partial charge in [-0.1, -0.05) is 51.2 Å². The molecular formula is C29H44O3. The Kier molecular flexibility index (Phi) is 6.08. The van der Waals surface area contributed by atoms with E-state index in [1.54, 1.807) is 5.57 Å². The highest BCUT2D eigenvalue weighted by molar-refractivity contribution is 5.79. The molecule has 0 spiro atoms. The van der Waals surface area contributed by atoms with Gasteiger partial charge in [-0.25, -0.2) is 0 Å². The summed E-state index contributed by atoms with van der Waals surface area (Å²) in [6, 6.07) is 0. The largest absolute Gasteiger partial charge is 0.462 e. The number of allylic oxidation sites excluding steroid dienone is 1. The standard InChI is InChI=1S/C29H44O3/c1-19(30)24-11-12-25-23-10-9-21-18-22(32-27(31)13-8-20-6-4-5-7-20)14-16-28(21,2)26(23)15-17-29(24,25)3/h9,20,22-26H,4-8,10-18H2,1-3H3/t22-,23-,24+,25-,26-,28-,29+/m0/s1. The van der Waals surface area contributed by atoms with Crippen molar-refractivity contribution in [2.75, 3.05) is 0 Å². The summed E-state index contributed by atoms with van der Waals surface area (Å²) >= 11 is 0. The molecule has 0 aliphatic heterocycles. The summed E-state index contributed by atoms with van der Waals surface area (Å²) in [5, 5.41) is 0. The zero-order valence-electron chi connectivity index (χ0n) is 20.7. The summed E-state index contributed by atoms with van der Waals surface area (Å²) in [6.45, 7) is 6.76. The van der Waals surface area contributed by atoms with Gasteiger partial charge in [-0.05, 0) is 92.8 Å². The molecule has 0 bridgehead atoms. The molecule has 0 heterocycles. The number of hydrogen-bond acceptors (Lipinski definition) is 3. The monoisotopic (exact) mass is 440 g/mol. The molecule has 4 fully saturated rings. The third-order valence-electron chi connectivity index (χ3n) is 11.1. The Morgan fingerprint density at radius 2 is 1.78 bits per heavy atom. The molecule has 5 aliphatic carbocycles. The van der Waals surface area contributed by atoms with Crippen molar-refractivity contribution in [1.29, 1.82) is 0 Å². The lowest BCUT2D eigenvalue weighted by Gasteiger charge is -2.58. The van der Waals surface area contributed by atoms with Gasteiger partial charge in [-0.2, -0.15) is 0 Å². The number of ether oxygens (including phenoxy) is 1. The van der Waals surface area contributed by atoms with Crippen molar-refractivity contribution in [2.24, 2.45) is 40.4 Å². The molecule has 3 heteroatoms. The smallest absolute Gasteiger partial charge is 0.306 e. The molecule has 5 aliphatic rings. The third-order valence-corrected chi connectivity index (χ3v) is 11.1. The Bertz CT molecular complexity index is 777. The molecule has 0 amide bonds. The minimum atomic E-state index is 0.0365. The lowest BCUT2D eigenvalue weighted by Crippen LogP contribution is -2.51. The van der Waals surface area contributed by atoms with Gasteiger partial charge < -0.3 is 4.74 Å². The molecule has 0 aromatic rings. The molecule has 4 saturated carbocycles. The van der Waals surface area contributed by atoms with Gasteiger partial charge in [0.15, 0.2) is 0 Å². The minimum Gasteiger partial charge on any atom is -0.462 e. The zero-order chi connectivity index (χ0) is 22.5. The van der Waals surface area contributed by atoms with Crippen LogP contribution in [0.1, 0.15) is 111 Å². The summed E-state index contributed by atoms with van der Waals surface area (Å²) in [4.78, 5) is 24.9. The van der Waals surface area contributed by atoms with Crippen LogP contribution in [0.15, 0.2) is 11.6 Å². The highest BCUT2D eigenvalue weighted by Crippen LogP contribution is 2.66. The number of Topliss-reactive ketones (excluding diaryl/α,β-unsaturated/α-hetero) is 1. The Morgan fingerprint density at radius 1 is 1.00 bits per heavy atom. The fourth-order valence-corrected chi connectivity index (χ4v) is 9.26. The van der Waals surface area contributed by atoms with Crippen LogP contribution in [0, 0.1) is 40.4 Å². The topological polar surface area (TPSA) is 43.4 Å². The predicted molar refractivity (Wildman–Crippen MR) is 127 cm³/mol. The maximum absolute atomic E-state index is 12.5. The van der Waals surface area contributed by atoms with Crippen LogP contribution in [0.3, 0.4) is 0 Å². The second-order valence-corrected chi connectivity index (χ2v) is 12.6. The second kappa shape index (κ2) is 8.58. The minimum absolute atomic E-state index is 0.0365. The van der Waals surface area contributed by atoms with Crippen LogP contribution in [-0.2, 0) is 14.3 Å². The maximum atomic E-state index is 12.5. The highest BCUT2D eigenvalue weighted by atomic mass is 16.5. The molecule has 7 atom stereocenters. The predicted octanol–water partition coefficient (Wildman–Crippen LogP) is 7.04. The van der Waals surface area contributed by atoms with E-state index in [9.17, 15) is 9.59 Å². The first kappa shape index (κ1) is 22.7. The third kappa shape index (κ3) is 3.80. The van der Waals surface area contributed by atoms with Gasteiger partial charge in [0.05, 0.1) is 0 Å². The van der Waals surface area contributed by atoms with Crippen LogP contribution in [0.4, 0.5) is 0 Å². The number of ketones is 1. The number of hydrogen-bond donors (Lipinski definition) is 0. The Labute approximate surface area is 195 Å². The van der Waals surface area contributed by atoms with Crippen LogP contribution in [0.5, 0.6) is 0 Å². The van der Waals surface area contributed by atoms with E-state index < -0.39 is 0 Å². The first-order chi connectivity index (χ1) is 15.3. The average Bonchev–Trinajstić information content (AvgIpc) is 3.39. The van der Waals surface area contributed by atoms with E-state index >= 15 is 0 Å². The number of carbonyl (C=O) groups is 2. The van der Waals surface area contributed by atoms with E-state index in [2.05, 4.69) is 19.9 Å². The van der Waals surface area contributed by atoms with E-state index in [0.29, 0.717) is 18.1 Å². The van der Waals surface area contributed by atoms with Gasteiger partial charge >= 0.3 is 5.97 Å². The average molecular weight is 441 g/mol. The molecule has 5 rings (SSSR count). The molecule has 0 aromatic carbocycles. The molecule has 3 nitrogen and oxygen atoms in total. The summed E-state index contributed by atoms with van der Waals surface area (Å²) in [6.07, 6.45) is 18.7. The maximum Gasteiger partial charge on any atom is 0.306 e. The molecular weight excluding hydrogens is 396 g/mol. The molecule has 178 valence electrons. The number of esters is 1. The van der Waals surface area contributed by atoms with Crippen LogP contribution in [-0.4, -0.2) is 17.9 Å². The van der Waals surface area contributed by atoms with Gasteiger partial charge in [0.2, 0.25) is 0 Å². The van der Waals surface area contributed by atoms with E-state index in [0.717, 1.165) is 49.9 Å². The lowest BCUT2D eigenvalue weighted by atomic mass is 9.47. The Balaban J connectivity index is 1.23.